The summed E-state index contributed by atoms with van der Waals surface area (Å²) in [4.78, 5) is 12.0. The van der Waals surface area contributed by atoms with Gasteiger partial charge in [0.05, 0.1) is 12.7 Å². The number of amides is 1. The Hall–Kier alpha value is -2.69. The lowest BCUT2D eigenvalue weighted by molar-refractivity contribution is -0.116. The number of carbonyl (C=O) groups excluding carboxylic acids is 1. The molecule has 0 radical (unpaired) electrons. The number of anilines is 2. The van der Waals surface area contributed by atoms with Crippen molar-refractivity contribution in [1.82, 2.24) is 0 Å². The molecule has 0 aliphatic carbocycles. The molecule has 0 spiro atoms. The molecule has 0 atom stereocenters. The Labute approximate surface area is 168 Å². The first-order valence-electron chi connectivity index (χ1n) is 9.93. The molecule has 0 saturated carbocycles. The van der Waals surface area contributed by atoms with Crippen molar-refractivity contribution < 1.29 is 14.3 Å². The fourth-order valence-corrected chi connectivity index (χ4v) is 2.78. The summed E-state index contributed by atoms with van der Waals surface area (Å²) >= 11 is 0. The predicted molar refractivity (Wildman–Crippen MR) is 115 cm³/mol. The zero-order valence-electron chi connectivity index (χ0n) is 17.5. The summed E-state index contributed by atoms with van der Waals surface area (Å²) in [6, 6.07) is 13.7. The first-order chi connectivity index (χ1) is 13.4. The number of ether oxygens (including phenoxy) is 2. The number of hydrogen-bond donors (Lipinski definition) is 2. The van der Waals surface area contributed by atoms with Crippen molar-refractivity contribution in [3.8, 4) is 11.5 Å². The molecule has 152 valence electrons. The molecule has 2 aromatic rings. The summed E-state index contributed by atoms with van der Waals surface area (Å²) in [5.41, 5.74) is 2.84. The Kier molecular flexibility index (Phi) is 8.18. The molecule has 0 fully saturated rings. The van der Waals surface area contributed by atoms with Crippen LogP contribution in [0.15, 0.2) is 42.5 Å². The van der Waals surface area contributed by atoms with Gasteiger partial charge in [-0.05, 0) is 62.6 Å². The van der Waals surface area contributed by atoms with Crippen LogP contribution in [-0.2, 0) is 11.3 Å². The average Bonchev–Trinajstić information content (AvgIpc) is 2.61. The predicted octanol–water partition coefficient (Wildman–Crippen LogP) is 5.47. The molecule has 0 saturated heterocycles. The van der Waals surface area contributed by atoms with Crippen LogP contribution in [0.3, 0.4) is 0 Å². The van der Waals surface area contributed by atoms with Crippen LogP contribution < -0.4 is 20.1 Å². The Bertz CT molecular complexity index is 772. The van der Waals surface area contributed by atoms with Gasteiger partial charge in [-0.25, -0.2) is 0 Å². The molecule has 0 aliphatic heterocycles. The van der Waals surface area contributed by atoms with Crippen LogP contribution in [0.1, 0.15) is 46.6 Å². The van der Waals surface area contributed by atoms with E-state index in [1.807, 2.05) is 77.1 Å². The minimum atomic E-state index is 0.0363. The number of hydrogen-bond acceptors (Lipinski definition) is 4. The fraction of sp³-hybridized carbons (Fsp3) is 0.435. The molecule has 0 aromatic heterocycles. The van der Waals surface area contributed by atoms with Crippen LogP contribution >= 0.6 is 0 Å². The van der Waals surface area contributed by atoms with Crippen molar-refractivity contribution in [2.24, 2.45) is 5.92 Å². The highest BCUT2D eigenvalue weighted by Gasteiger charge is 2.09. The van der Waals surface area contributed by atoms with Gasteiger partial charge in [-0.2, -0.15) is 0 Å². The normalized spacial score (nSPS) is 10.8. The van der Waals surface area contributed by atoms with E-state index in [-0.39, 0.29) is 12.0 Å². The second-order valence-corrected chi connectivity index (χ2v) is 7.46. The SMILES string of the molecule is CCOc1cc(CNc2cccc(NC(=O)CC(C)C)c2)ccc1OC(C)C. The third-order valence-electron chi connectivity index (χ3n) is 3.91. The van der Waals surface area contributed by atoms with Crippen molar-refractivity contribution in [3.05, 3.63) is 48.0 Å². The highest BCUT2D eigenvalue weighted by Crippen LogP contribution is 2.30. The number of carbonyl (C=O) groups is 1. The van der Waals surface area contributed by atoms with Crippen molar-refractivity contribution in [2.75, 3.05) is 17.2 Å². The highest BCUT2D eigenvalue weighted by atomic mass is 16.5. The maximum absolute atomic E-state index is 12.0. The molecule has 0 unspecified atom stereocenters. The molecule has 5 nitrogen and oxygen atoms in total. The van der Waals surface area contributed by atoms with E-state index in [1.54, 1.807) is 0 Å². The summed E-state index contributed by atoms with van der Waals surface area (Å²) in [6.07, 6.45) is 0.611. The smallest absolute Gasteiger partial charge is 0.224 e. The lowest BCUT2D eigenvalue weighted by atomic mass is 10.1. The van der Waals surface area contributed by atoms with E-state index in [1.165, 1.54) is 0 Å². The van der Waals surface area contributed by atoms with E-state index in [2.05, 4.69) is 10.6 Å². The minimum Gasteiger partial charge on any atom is -0.490 e. The zero-order chi connectivity index (χ0) is 20.5. The van der Waals surface area contributed by atoms with Crippen molar-refractivity contribution in [3.63, 3.8) is 0 Å². The van der Waals surface area contributed by atoms with Gasteiger partial charge >= 0.3 is 0 Å². The van der Waals surface area contributed by atoms with E-state index >= 15 is 0 Å². The average molecular weight is 385 g/mol. The van der Waals surface area contributed by atoms with Crippen LogP contribution in [0.2, 0.25) is 0 Å². The lowest BCUT2D eigenvalue weighted by Gasteiger charge is -2.16. The summed E-state index contributed by atoms with van der Waals surface area (Å²) < 4.78 is 11.5. The largest absolute Gasteiger partial charge is 0.490 e. The van der Waals surface area contributed by atoms with E-state index in [0.29, 0.717) is 25.5 Å². The van der Waals surface area contributed by atoms with Gasteiger partial charge < -0.3 is 20.1 Å². The Balaban J connectivity index is 2.02. The molecule has 5 heteroatoms. The molecule has 2 N–H and O–H groups in total. The Morgan fingerprint density at radius 1 is 1.00 bits per heavy atom. The highest BCUT2D eigenvalue weighted by molar-refractivity contribution is 5.91. The van der Waals surface area contributed by atoms with Gasteiger partial charge in [0.25, 0.3) is 0 Å². The molecule has 2 rings (SSSR count). The van der Waals surface area contributed by atoms with Crippen molar-refractivity contribution in [2.45, 2.75) is 53.7 Å². The number of rotatable bonds is 10. The van der Waals surface area contributed by atoms with E-state index in [0.717, 1.165) is 28.4 Å². The Morgan fingerprint density at radius 2 is 1.75 bits per heavy atom. The maximum atomic E-state index is 12.0. The number of nitrogens with one attached hydrogen (secondary N) is 2. The Morgan fingerprint density at radius 3 is 2.43 bits per heavy atom. The molecular formula is C23H32N2O3. The summed E-state index contributed by atoms with van der Waals surface area (Å²) in [5, 5.41) is 6.35. The molecule has 0 aliphatic rings. The molecule has 0 heterocycles. The van der Waals surface area contributed by atoms with E-state index in [4.69, 9.17) is 9.47 Å². The first kappa shape index (κ1) is 21.6. The van der Waals surface area contributed by atoms with Crippen molar-refractivity contribution in [1.29, 1.82) is 0 Å². The van der Waals surface area contributed by atoms with E-state index < -0.39 is 0 Å². The molecule has 1 amide bonds. The van der Waals surface area contributed by atoms with Gasteiger partial charge in [-0.15, -0.1) is 0 Å². The molecule has 2 aromatic carbocycles. The summed E-state index contributed by atoms with van der Waals surface area (Å²) in [6.45, 7) is 11.3. The molecule has 0 bridgehead atoms. The minimum absolute atomic E-state index is 0.0363. The van der Waals surface area contributed by atoms with Crippen LogP contribution in [0, 0.1) is 5.92 Å². The monoisotopic (exact) mass is 384 g/mol. The van der Waals surface area contributed by atoms with Gasteiger partial charge in [-0.1, -0.05) is 26.0 Å². The maximum Gasteiger partial charge on any atom is 0.224 e. The van der Waals surface area contributed by atoms with Gasteiger partial charge in [0.15, 0.2) is 11.5 Å². The van der Waals surface area contributed by atoms with Gasteiger partial charge in [0.1, 0.15) is 0 Å². The van der Waals surface area contributed by atoms with Crippen LogP contribution in [0.5, 0.6) is 11.5 Å². The fourth-order valence-electron chi connectivity index (χ4n) is 2.78. The van der Waals surface area contributed by atoms with E-state index in [9.17, 15) is 4.79 Å². The van der Waals surface area contributed by atoms with Gasteiger partial charge in [0, 0.05) is 24.3 Å². The standard InChI is InChI=1S/C23H32N2O3/c1-6-27-22-13-18(10-11-21(22)28-17(4)5)15-24-19-8-7-9-20(14-19)25-23(26)12-16(2)3/h7-11,13-14,16-17,24H,6,12,15H2,1-5H3,(H,25,26). The molecular weight excluding hydrogens is 352 g/mol. The van der Waals surface area contributed by atoms with Crippen molar-refractivity contribution >= 4 is 17.3 Å². The van der Waals surface area contributed by atoms with Gasteiger partial charge in [0.2, 0.25) is 5.91 Å². The van der Waals surface area contributed by atoms with Gasteiger partial charge in [-0.3, -0.25) is 4.79 Å². The first-order valence-corrected chi connectivity index (χ1v) is 9.93. The van der Waals surface area contributed by atoms with Crippen LogP contribution in [0.25, 0.3) is 0 Å². The lowest BCUT2D eigenvalue weighted by Crippen LogP contribution is -2.13. The molecule has 28 heavy (non-hydrogen) atoms. The quantitative estimate of drug-likeness (QED) is 0.570. The topological polar surface area (TPSA) is 59.6 Å². The summed E-state index contributed by atoms with van der Waals surface area (Å²) in [5.74, 6) is 1.89. The summed E-state index contributed by atoms with van der Waals surface area (Å²) in [7, 11) is 0. The second-order valence-electron chi connectivity index (χ2n) is 7.46. The third-order valence-corrected chi connectivity index (χ3v) is 3.91. The third kappa shape index (κ3) is 7.14. The zero-order valence-corrected chi connectivity index (χ0v) is 17.5. The number of benzene rings is 2. The van der Waals surface area contributed by atoms with Crippen LogP contribution in [-0.4, -0.2) is 18.6 Å². The van der Waals surface area contributed by atoms with Crippen LogP contribution in [0.4, 0.5) is 11.4 Å². The second kappa shape index (κ2) is 10.6.